The van der Waals surface area contributed by atoms with Crippen molar-refractivity contribution in [2.75, 3.05) is 7.11 Å². The highest BCUT2D eigenvalue weighted by atomic mass is 79.9. The number of aliphatic hydroxyl groups is 1. The summed E-state index contributed by atoms with van der Waals surface area (Å²) in [6, 6.07) is 5.68. The summed E-state index contributed by atoms with van der Waals surface area (Å²) in [6.07, 6.45) is 1.66. The molecule has 0 saturated heterocycles. The first-order valence-corrected chi connectivity index (χ1v) is 6.41. The van der Waals surface area contributed by atoms with Crippen LogP contribution in [-0.2, 0) is 0 Å². The number of ether oxygens (including phenoxy) is 1. The summed E-state index contributed by atoms with van der Waals surface area (Å²) in [5.41, 5.74) is 0.903. The molecule has 0 heterocycles. The van der Waals surface area contributed by atoms with E-state index in [1.54, 1.807) is 7.11 Å². The Labute approximate surface area is 106 Å². The van der Waals surface area contributed by atoms with Gasteiger partial charge in [-0.15, -0.1) is 0 Å². The van der Waals surface area contributed by atoms with Crippen molar-refractivity contribution in [2.24, 2.45) is 5.92 Å². The van der Waals surface area contributed by atoms with Gasteiger partial charge in [0.1, 0.15) is 5.75 Å². The molecule has 2 unspecified atom stereocenters. The Balaban J connectivity index is 2.92. The van der Waals surface area contributed by atoms with Gasteiger partial charge in [0.2, 0.25) is 0 Å². The van der Waals surface area contributed by atoms with Gasteiger partial charge < -0.3 is 9.84 Å². The largest absolute Gasteiger partial charge is 0.497 e. The van der Waals surface area contributed by atoms with Crippen LogP contribution in [0.15, 0.2) is 22.7 Å². The summed E-state index contributed by atoms with van der Waals surface area (Å²) in [4.78, 5) is 0. The molecule has 0 aliphatic rings. The van der Waals surface area contributed by atoms with Crippen LogP contribution in [0.3, 0.4) is 0 Å². The molecule has 90 valence electrons. The number of rotatable bonds is 5. The average molecular weight is 287 g/mol. The molecule has 3 heteroatoms. The van der Waals surface area contributed by atoms with E-state index in [0.29, 0.717) is 0 Å². The first-order valence-electron chi connectivity index (χ1n) is 5.61. The van der Waals surface area contributed by atoms with Gasteiger partial charge in [-0.25, -0.2) is 0 Å². The van der Waals surface area contributed by atoms with Gasteiger partial charge in [0.05, 0.1) is 13.2 Å². The Hall–Kier alpha value is -0.540. The van der Waals surface area contributed by atoms with E-state index in [4.69, 9.17) is 4.74 Å². The molecule has 0 radical (unpaired) electrons. The summed E-state index contributed by atoms with van der Waals surface area (Å²) in [5, 5.41) is 10.2. The van der Waals surface area contributed by atoms with E-state index in [9.17, 15) is 5.11 Å². The summed E-state index contributed by atoms with van der Waals surface area (Å²) in [6.45, 7) is 4.20. The van der Waals surface area contributed by atoms with E-state index in [0.717, 1.165) is 28.6 Å². The van der Waals surface area contributed by atoms with Gasteiger partial charge in [0.25, 0.3) is 0 Å². The number of halogens is 1. The maximum absolute atomic E-state index is 10.2. The molecular formula is C13H19BrO2. The Kier molecular flexibility index (Phi) is 5.29. The lowest BCUT2D eigenvalue weighted by Gasteiger charge is -2.20. The highest BCUT2D eigenvalue weighted by Crippen LogP contribution is 2.33. The normalized spacial score (nSPS) is 14.6. The van der Waals surface area contributed by atoms with E-state index in [-0.39, 0.29) is 5.92 Å². The van der Waals surface area contributed by atoms with Crippen molar-refractivity contribution in [3.05, 3.63) is 28.2 Å². The van der Waals surface area contributed by atoms with Crippen LogP contribution in [0, 0.1) is 5.92 Å². The van der Waals surface area contributed by atoms with Crippen LogP contribution in [-0.4, -0.2) is 12.2 Å². The third-order valence-electron chi connectivity index (χ3n) is 2.80. The van der Waals surface area contributed by atoms with E-state index in [2.05, 4.69) is 29.8 Å². The van der Waals surface area contributed by atoms with E-state index < -0.39 is 6.10 Å². The molecule has 0 saturated carbocycles. The molecule has 1 rings (SSSR count). The molecule has 0 bridgehead atoms. The predicted octanol–water partition coefficient (Wildman–Crippen LogP) is 3.93. The van der Waals surface area contributed by atoms with Crippen molar-refractivity contribution < 1.29 is 9.84 Å². The topological polar surface area (TPSA) is 29.5 Å². The van der Waals surface area contributed by atoms with Gasteiger partial charge in [0.15, 0.2) is 0 Å². The molecule has 1 aromatic carbocycles. The maximum Gasteiger partial charge on any atom is 0.119 e. The monoisotopic (exact) mass is 286 g/mol. The number of aliphatic hydroxyl groups excluding tert-OH is 1. The molecule has 0 aliphatic heterocycles. The number of hydrogen-bond donors (Lipinski definition) is 1. The van der Waals surface area contributed by atoms with Crippen LogP contribution < -0.4 is 4.74 Å². The quantitative estimate of drug-likeness (QED) is 0.889. The Bertz CT molecular complexity index is 339. The fourth-order valence-corrected chi connectivity index (χ4v) is 2.28. The Morgan fingerprint density at radius 1 is 1.44 bits per heavy atom. The maximum atomic E-state index is 10.2. The minimum atomic E-state index is -0.440. The third kappa shape index (κ3) is 3.22. The lowest BCUT2D eigenvalue weighted by Crippen LogP contribution is -2.09. The van der Waals surface area contributed by atoms with Crippen LogP contribution in [0.1, 0.15) is 38.4 Å². The van der Waals surface area contributed by atoms with Crippen LogP contribution >= 0.6 is 15.9 Å². The fraction of sp³-hybridized carbons (Fsp3) is 0.538. The van der Waals surface area contributed by atoms with E-state index >= 15 is 0 Å². The van der Waals surface area contributed by atoms with Gasteiger partial charge in [-0.1, -0.05) is 36.2 Å². The molecule has 16 heavy (non-hydrogen) atoms. The zero-order valence-corrected chi connectivity index (χ0v) is 11.6. The van der Waals surface area contributed by atoms with Crippen LogP contribution in [0.4, 0.5) is 0 Å². The van der Waals surface area contributed by atoms with Gasteiger partial charge >= 0.3 is 0 Å². The lowest BCUT2D eigenvalue weighted by molar-refractivity contribution is 0.111. The molecule has 0 amide bonds. The smallest absolute Gasteiger partial charge is 0.119 e. The zero-order valence-electron chi connectivity index (χ0n) is 10.0. The SMILES string of the molecule is CCCC(C)C(O)c1cc(OC)ccc1Br. The van der Waals surface area contributed by atoms with Gasteiger partial charge in [-0.05, 0) is 36.1 Å². The number of hydrogen-bond acceptors (Lipinski definition) is 2. The standard InChI is InChI=1S/C13H19BrO2/c1-4-5-9(2)13(15)11-8-10(16-3)6-7-12(11)14/h6-9,13,15H,4-5H2,1-3H3. The third-order valence-corrected chi connectivity index (χ3v) is 3.53. The van der Waals surface area contributed by atoms with Crippen LogP contribution in [0.2, 0.25) is 0 Å². The van der Waals surface area contributed by atoms with Crippen molar-refractivity contribution in [2.45, 2.75) is 32.8 Å². The van der Waals surface area contributed by atoms with Crippen LogP contribution in [0.5, 0.6) is 5.75 Å². The molecule has 1 N–H and O–H groups in total. The second kappa shape index (κ2) is 6.26. The van der Waals surface area contributed by atoms with E-state index in [1.165, 1.54) is 0 Å². The number of methoxy groups -OCH3 is 1. The van der Waals surface area contributed by atoms with E-state index in [1.807, 2.05) is 18.2 Å². The first kappa shape index (κ1) is 13.5. The van der Waals surface area contributed by atoms with Crippen molar-refractivity contribution in [1.29, 1.82) is 0 Å². The minimum absolute atomic E-state index is 0.258. The predicted molar refractivity (Wildman–Crippen MR) is 69.7 cm³/mol. The lowest BCUT2D eigenvalue weighted by atomic mass is 9.93. The molecule has 2 nitrogen and oxygen atoms in total. The molecule has 0 fully saturated rings. The highest BCUT2D eigenvalue weighted by molar-refractivity contribution is 9.10. The molecular weight excluding hydrogens is 268 g/mol. The van der Waals surface area contributed by atoms with Gasteiger partial charge in [-0.2, -0.15) is 0 Å². The summed E-state index contributed by atoms with van der Waals surface area (Å²) >= 11 is 3.46. The molecule has 0 aliphatic carbocycles. The molecule has 1 aromatic rings. The van der Waals surface area contributed by atoms with Crippen LogP contribution in [0.25, 0.3) is 0 Å². The van der Waals surface area contributed by atoms with Crippen molar-refractivity contribution in [3.8, 4) is 5.75 Å². The van der Waals surface area contributed by atoms with Gasteiger partial charge in [0, 0.05) is 4.47 Å². The average Bonchev–Trinajstić information content (AvgIpc) is 2.29. The van der Waals surface area contributed by atoms with Crippen molar-refractivity contribution >= 4 is 15.9 Å². The first-order chi connectivity index (χ1) is 7.60. The Morgan fingerprint density at radius 3 is 2.69 bits per heavy atom. The summed E-state index contributed by atoms with van der Waals surface area (Å²) in [5.74, 6) is 1.04. The highest BCUT2D eigenvalue weighted by Gasteiger charge is 2.18. The molecule has 2 atom stereocenters. The minimum Gasteiger partial charge on any atom is -0.497 e. The number of benzene rings is 1. The summed E-state index contributed by atoms with van der Waals surface area (Å²) < 4.78 is 6.10. The summed E-state index contributed by atoms with van der Waals surface area (Å²) in [7, 11) is 1.63. The molecule has 0 aromatic heterocycles. The second-order valence-corrected chi connectivity index (χ2v) is 4.95. The zero-order chi connectivity index (χ0) is 12.1. The Morgan fingerprint density at radius 2 is 2.12 bits per heavy atom. The van der Waals surface area contributed by atoms with Crippen molar-refractivity contribution in [3.63, 3.8) is 0 Å². The fourth-order valence-electron chi connectivity index (χ4n) is 1.80. The molecule has 0 spiro atoms. The second-order valence-electron chi connectivity index (χ2n) is 4.10. The van der Waals surface area contributed by atoms with Gasteiger partial charge in [-0.3, -0.25) is 0 Å². The van der Waals surface area contributed by atoms with Crippen molar-refractivity contribution in [1.82, 2.24) is 0 Å².